The maximum Gasteiger partial charge on any atom is 0.161 e. The molecule has 1 heterocycles. The van der Waals surface area contributed by atoms with Crippen molar-refractivity contribution in [1.82, 2.24) is 0 Å². The molecular formula is C18H25NO4. The molecule has 2 rings (SSSR count). The van der Waals surface area contributed by atoms with Gasteiger partial charge in [-0.05, 0) is 30.0 Å². The predicted octanol–water partition coefficient (Wildman–Crippen LogP) is 3.27. The summed E-state index contributed by atoms with van der Waals surface area (Å²) in [7, 11) is 3.21. The van der Waals surface area contributed by atoms with E-state index in [9.17, 15) is 5.26 Å². The summed E-state index contributed by atoms with van der Waals surface area (Å²) in [5.74, 6) is 1.44. The molecule has 0 amide bonds. The van der Waals surface area contributed by atoms with E-state index in [1.165, 1.54) is 0 Å². The molecule has 1 aliphatic heterocycles. The van der Waals surface area contributed by atoms with Crippen molar-refractivity contribution in [3.05, 3.63) is 23.8 Å². The van der Waals surface area contributed by atoms with Gasteiger partial charge in [-0.15, -0.1) is 0 Å². The molecule has 23 heavy (non-hydrogen) atoms. The van der Waals surface area contributed by atoms with Gasteiger partial charge in [-0.25, -0.2) is 0 Å². The van der Waals surface area contributed by atoms with E-state index in [0.717, 1.165) is 5.56 Å². The maximum absolute atomic E-state index is 9.96. The number of ether oxygens (including phenoxy) is 4. The molecule has 1 unspecified atom stereocenters. The SMILES string of the molecule is COc1ccc(C(C#N)(CCC2OCCO2)C(C)C)cc1OC. The van der Waals surface area contributed by atoms with Gasteiger partial charge in [0.2, 0.25) is 0 Å². The smallest absolute Gasteiger partial charge is 0.161 e. The minimum Gasteiger partial charge on any atom is -0.493 e. The summed E-state index contributed by atoms with van der Waals surface area (Å²) in [6, 6.07) is 8.24. The second-order valence-corrected chi connectivity index (χ2v) is 6.02. The molecule has 1 aliphatic rings. The molecule has 0 bridgehead atoms. The van der Waals surface area contributed by atoms with Crippen LogP contribution in [0.2, 0.25) is 0 Å². The van der Waals surface area contributed by atoms with Crippen LogP contribution in [0.3, 0.4) is 0 Å². The first-order chi connectivity index (χ1) is 11.1. The van der Waals surface area contributed by atoms with Crippen molar-refractivity contribution in [2.24, 2.45) is 5.92 Å². The number of methoxy groups -OCH3 is 2. The minimum atomic E-state index is -0.616. The van der Waals surface area contributed by atoms with Gasteiger partial charge in [-0.1, -0.05) is 19.9 Å². The van der Waals surface area contributed by atoms with Crippen LogP contribution < -0.4 is 9.47 Å². The van der Waals surface area contributed by atoms with E-state index in [2.05, 4.69) is 19.9 Å². The standard InChI is InChI=1S/C18H25NO4/c1-13(2)18(12-19,8-7-17-22-9-10-23-17)14-5-6-15(20-3)16(11-14)21-4/h5-6,11,13,17H,7-10H2,1-4H3. The summed E-state index contributed by atoms with van der Waals surface area (Å²) in [5, 5.41) is 9.96. The number of benzene rings is 1. The predicted molar refractivity (Wildman–Crippen MR) is 86.6 cm³/mol. The Balaban J connectivity index is 2.31. The average molecular weight is 319 g/mol. The monoisotopic (exact) mass is 319 g/mol. The molecule has 5 heteroatoms. The van der Waals surface area contributed by atoms with Crippen molar-refractivity contribution >= 4 is 0 Å². The fourth-order valence-electron chi connectivity index (χ4n) is 3.05. The summed E-state index contributed by atoms with van der Waals surface area (Å²) in [5.41, 5.74) is 0.320. The van der Waals surface area contributed by atoms with Gasteiger partial charge in [-0.3, -0.25) is 0 Å². The highest BCUT2D eigenvalue weighted by Crippen LogP contribution is 2.41. The molecule has 1 atom stereocenters. The van der Waals surface area contributed by atoms with Crippen molar-refractivity contribution in [2.75, 3.05) is 27.4 Å². The van der Waals surface area contributed by atoms with E-state index in [0.29, 0.717) is 37.6 Å². The first-order valence-corrected chi connectivity index (χ1v) is 7.94. The molecule has 0 spiro atoms. The van der Waals surface area contributed by atoms with Gasteiger partial charge < -0.3 is 18.9 Å². The van der Waals surface area contributed by atoms with Crippen molar-refractivity contribution in [2.45, 2.75) is 38.4 Å². The summed E-state index contributed by atoms with van der Waals surface area (Å²) in [4.78, 5) is 0. The third kappa shape index (κ3) is 3.60. The quantitative estimate of drug-likeness (QED) is 0.772. The van der Waals surface area contributed by atoms with Crippen LogP contribution in [-0.2, 0) is 14.9 Å². The van der Waals surface area contributed by atoms with Gasteiger partial charge in [0.05, 0.1) is 38.9 Å². The zero-order valence-electron chi connectivity index (χ0n) is 14.3. The zero-order chi connectivity index (χ0) is 16.9. The van der Waals surface area contributed by atoms with E-state index < -0.39 is 5.41 Å². The lowest BCUT2D eigenvalue weighted by atomic mass is 9.69. The summed E-state index contributed by atoms with van der Waals surface area (Å²) in [6.07, 6.45) is 1.16. The topological polar surface area (TPSA) is 60.7 Å². The maximum atomic E-state index is 9.96. The van der Waals surface area contributed by atoms with Gasteiger partial charge in [-0.2, -0.15) is 5.26 Å². The van der Waals surface area contributed by atoms with E-state index in [-0.39, 0.29) is 12.2 Å². The van der Waals surface area contributed by atoms with Gasteiger partial charge in [0.1, 0.15) is 0 Å². The Kier molecular flexibility index (Phi) is 5.86. The number of hydrogen-bond donors (Lipinski definition) is 0. The molecule has 0 aromatic heterocycles. The normalized spacial score (nSPS) is 17.7. The molecule has 0 radical (unpaired) electrons. The summed E-state index contributed by atoms with van der Waals surface area (Å²) >= 11 is 0. The fourth-order valence-corrected chi connectivity index (χ4v) is 3.05. The van der Waals surface area contributed by atoms with E-state index in [1.54, 1.807) is 14.2 Å². The highest BCUT2D eigenvalue weighted by Gasteiger charge is 2.37. The van der Waals surface area contributed by atoms with Crippen LogP contribution in [0.4, 0.5) is 0 Å². The first kappa shape index (κ1) is 17.6. The Bertz CT molecular complexity index is 561. The zero-order valence-corrected chi connectivity index (χ0v) is 14.3. The largest absolute Gasteiger partial charge is 0.493 e. The molecule has 0 saturated carbocycles. The van der Waals surface area contributed by atoms with Gasteiger partial charge in [0.15, 0.2) is 17.8 Å². The molecule has 0 aliphatic carbocycles. The third-order valence-corrected chi connectivity index (χ3v) is 4.55. The third-order valence-electron chi connectivity index (χ3n) is 4.55. The second kappa shape index (κ2) is 7.67. The van der Waals surface area contributed by atoms with E-state index >= 15 is 0 Å². The first-order valence-electron chi connectivity index (χ1n) is 7.94. The number of nitriles is 1. The molecule has 1 aromatic rings. The fraction of sp³-hybridized carbons (Fsp3) is 0.611. The Labute approximate surface area is 138 Å². The molecule has 1 saturated heterocycles. The Morgan fingerprint density at radius 3 is 2.39 bits per heavy atom. The van der Waals surface area contributed by atoms with Crippen molar-refractivity contribution in [1.29, 1.82) is 5.26 Å². The Morgan fingerprint density at radius 1 is 1.22 bits per heavy atom. The average Bonchev–Trinajstić information content (AvgIpc) is 3.08. The lowest BCUT2D eigenvalue weighted by molar-refractivity contribution is -0.0510. The summed E-state index contributed by atoms with van der Waals surface area (Å²) < 4.78 is 21.7. The number of rotatable bonds is 7. The minimum absolute atomic E-state index is 0.145. The van der Waals surface area contributed by atoms with Crippen LogP contribution in [0.1, 0.15) is 32.3 Å². The van der Waals surface area contributed by atoms with Crippen LogP contribution in [0.25, 0.3) is 0 Å². The van der Waals surface area contributed by atoms with E-state index in [4.69, 9.17) is 18.9 Å². The van der Waals surface area contributed by atoms with E-state index in [1.807, 2.05) is 18.2 Å². The lowest BCUT2D eigenvalue weighted by Crippen LogP contribution is -2.32. The molecule has 1 fully saturated rings. The molecule has 1 aromatic carbocycles. The van der Waals surface area contributed by atoms with Crippen LogP contribution >= 0.6 is 0 Å². The van der Waals surface area contributed by atoms with Crippen LogP contribution in [0.15, 0.2) is 18.2 Å². The van der Waals surface area contributed by atoms with Crippen molar-refractivity contribution in [3.8, 4) is 17.6 Å². The second-order valence-electron chi connectivity index (χ2n) is 6.02. The molecule has 126 valence electrons. The van der Waals surface area contributed by atoms with Crippen LogP contribution in [-0.4, -0.2) is 33.7 Å². The lowest BCUT2D eigenvalue weighted by Gasteiger charge is -2.32. The van der Waals surface area contributed by atoms with Gasteiger partial charge in [0, 0.05) is 6.42 Å². The Morgan fingerprint density at radius 2 is 1.87 bits per heavy atom. The number of nitrogens with zero attached hydrogens (tertiary/aromatic N) is 1. The molecule has 5 nitrogen and oxygen atoms in total. The highest BCUT2D eigenvalue weighted by molar-refractivity contribution is 5.47. The van der Waals surface area contributed by atoms with Gasteiger partial charge in [0.25, 0.3) is 0 Å². The molecular weight excluding hydrogens is 294 g/mol. The van der Waals surface area contributed by atoms with Crippen LogP contribution in [0.5, 0.6) is 11.5 Å². The van der Waals surface area contributed by atoms with Crippen molar-refractivity contribution < 1.29 is 18.9 Å². The van der Waals surface area contributed by atoms with Gasteiger partial charge >= 0.3 is 0 Å². The number of hydrogen-bond acceptors (Lipinski definition) is 5. The summed E-state index contributed by atoms with van der Waals surface area (Å²) in [6.45, 7) is 5.39. The van der Waals surface area contributed by atoms with Crippen LogP contribution in [0, 0.1) is 17.2 Å². The molecule has 0 N–H and O–H groups in total. The van der Waals surface area contributed by atoms with Crippen molar-refractivity contribution in [3.63, 3.8) is 0 Å². The Hall–Kier alpha value is -1.77. The highest BCUT2D eigenvalue weighted by atomic mass is 16.7.